The molecule has 32 heavy (non-hydrogen) atoms. The van der Waals surface area contributed by atoms with E-state index in [4.69, 9.17) is 9.84 Å². The summed E-state index contributed by atoms with van der Waals surface area (Å²) in [5.41, 5.74) is 0.110. The number of piperazine rings is 1. The van der Waals surface area contributed by atoms with E-state index in [9.17, 15) is 22.0 Å². The summed E-state index contributed by atoms with van der Waals surface area (Å²) in [6, 6.07) is 5.13. The van der Waals surface area contributed by atoms with E-state index < -0.39 is 27.9 Å². The fourth-order valence-corrected chi connectivity index (χ4v) is 4.83. The highest BCUT2D eigenvalue weighted by molar-refractivity contribution is 7.98. The van der Waals surface area contributed by atoms with Gasteiger partial charge in [-0.1, -0.05) is 23.9 Å². The van der Waals surface area contributed by atoms with E-state index in [0.29, 0.717) is 0 Å². The fourth-order valence-electron chi connectivity index (χ4n) is 2.86. The molecule has 1 aromatic carbocycles. The number of carboxylic acid groups (broad SMARTS) is 1. The average molecular weight is 490 g/mol. The first-order valence-electron chi connectivity index (χ1n) is 9.53. The van der Waals surface area contributed by atoms with E-state index in [1.807, 2.05) is 0 Å². The van der Waals surface area contributed by atoms with Gasteiger partial charge in [-0.15, -0.1) is 0 Å². The van der Waals surface area contributed by atoms with E-state index >= 15 is 0 Å². The zero-order valence-corrected chi connectivity index (χ0v) is 18.6. The number of hydrogen-bond acceptors (Lipinski definition) is 7. The molecule has 0 bridgehead atoms. The molecule has 174 valence electrons. The lowest BCUT2D eigenvalue weighted by Crippen LogP contribution is -2.51. The molecule has 0 saturated carbocycles. The maximum absolute atomic E-state index is 13.9. The molecular weight excluding hydrogens is 468 g/mol. The van der Waals surface area contributed by atoms with Crippen molar-refractivity contribution < 1.29 is 31.8 Å². The number of hydrogen-bond donors (Lipinski definition) is 2. The number of carbonyl (C=O) groups is 1. The SMILES string of the molecule is CCOc1cc(NS(=O)(=O)N2CCN(C(=O)O)CC2)nc(SCc2cccc(F)c2F)n1. The van der Waals surface area contributed by atoms with Crippen molar-refractivity contribution in [3.8, 4) is 5.88 Å². The number of halogens is 2. The van der Waals surface area contributed by atoms with Gasteiger partial charge >= 0.3 is 16.3 Å². The maximum Gasteiger partial charge on any atom is 0.407 e. The first-order valence-corrected chi connectivity index (χ1v) is 12.0. The van der Waals surface area contributed by atoms with Gasteiger partial charge in [-0.25, -0.2) is 18.6 Å². The van der Waals surface area contributed by atoms with E-state index in [1.54, 1.807) is 6.92 Å². The molecule has 1 fully saturated rings. The summed E-state index contributed by atoms with van der Waals surface area (Å²) < 4.78 is 61.6. The Morgan fingerprint density at radius 1 is 1.25 bits per heavy atom. The van der Waals surface area contributed by atoms with E-state index in [1.165, 1.54) is 18.2 Å². The smallest absolute Gasteiger partial charge is 0.407 e. The summed E-state index contributed by atoms with van der Waals surface area (Å²) in [5.74, 6) is -1.88. The van der Waals surface area contributed by atoms with Gasteiger partial charge in [-0.2, -0.15) is 17.7 Å². The largest absolute Gasteiger partial charge is 0.478 e. The molecule has 0 spiro atoms. The molecule has 3 rings (SSSR count). The molecule has 10 nitrogen and oxygen atoms in total. The molecule has 0 unspecified atom stereocenters. The van der Waals surface area contributed by atoms with E-state index in [2.05, 4.69) is 14.7 Å². The molecule has 1 aromatic heterocycles. The predicted molar refractivity (Wildman–Crippen MR) is 113 cm³/mol. The van der Waals surface area contributed by atoms with Crippen molar-refractivity contribution in [2.45, 2.75) is 17.8 Å². The normalized spacial score (nSPS) is 14.9. The van der Waals surface area contributed by atoms with Crippen molar-refractivity contribution in [3.63, 3.8) is 0 Å². The molecule has 0 atom stereocenters. The first kappa shape index (κ1) is 23.9. The highest BCUT2D eigenvalue weighted by Crippen LogP contribution is 2.26. The van der Waals surface area contributed by atoms with Crippen LogP contribution >= 0.6 is 11.8 Å². The number of nitrogens with one attached hydrogen (secondary N) is 1. The van der Waals surface area contributed by atoms with Crippen LogP contribution in [-0.4, -0.2) is 71.6 Å². The zero-order valence-electron chi connectivity index (χ0n) is 17.0. The summed E-state index contributed by atoms with van der Waals surface area (Å²) in [6.45, 7) is 2.07. The highest BCUT2D eigenvalue weighted by Gasteiger charge is 2.29. The van der Waals surface area contributed by atoms with Crippen LogP contribution in [-0.2, 0) is 16.0 Å². The van der Waals surface area contributed by atoms with Crippen LogP contribution in [0.2, 0.25) is 0 Å². The molecule has 1 amide bonds. The van der Waals surface area contributed by atoms with Gasteiger partial charge in [0, 0.05) is 43.6 Å². The Hall–Kier alpha value is -2.71. The van der Waals surface area contributed by atoms with Crippen molar-refractivity contribution in [1.82, 2.24) is 19.2 Å². The number of aromatic nitrogens is 2. The Kier molecular flexibility index (Phi) is 7.69. The number of amides is 1. The summed E-state index contributed by atoms with van der Waals surface area (Å²) in [5, 5.41) is 9.11. The van der Waals surface area contributed by atoms with Crippen LogP contribution in [0.4, 0.5) is 19.4 Å². The number of ether oxygens (including phenoxy) is 1. The van der Waals surface area contributed by atoms with E-state index in [-0.39, 0.29) is 61.0 Å². The first-order chi connectivity index (χ1) is 15.2. The van der Waals surface area contributed by atoms with Crippen LogP contribution in [0.3, 0.4) is 0 Å². The summed E-state index contributed by atoms with van der Waals surface area (Å²) >= 11 is 0.986. The average Bonchev–Trinajstić information content (AvgIpc) is 2.74. The summed E-state index contributed by atoms with van der Waals surface area (Å²) in [4.78, 5) is 20.4. The van der Waals surface area contributed by atoms with Crippen LogP contribution in [0.15, 0.2) is 29.4 Å². The highest BCUT2D eigenvalue weighted by atomic mass is 32.2. The Morgan fingerprint density at radius 2 is 1.97 bits per heavy atom. The predicted octanol–water partition coefficient (Wildman–Crippen LogP) is 2.40. The van der Waals surface area contributed by atoms with Crippen molar-refractivity contribution in [3.05, 3.63) is 41.5 Å². The molecule has 2 N–H and O–H groups in total. The number of rotatable bonds is 8. The molecule has 1 aliphatic rings. The third-order valence-electron chi connectivity index (χ3n) is 4.45. The van der Waals surface area contributed by atoms with Crippen molar-refractivity contribution >= 4 is 33.9 Å². The van der Waals surface area contributed by atoms with Gasteiger partial charge in [0.05, 0.1) is 6.61 Å². The van der Waals surface area contributed by atoms with Crippen LogP contribution in [0, 0.1) is 11.6 Å². The second-order valence-corrected chi connectivity index (χ2v) is 9.20. The lowest BCUT2D eigenvalue weighted by atomic mass is 10.2. The van der Waals surface area contributed by atoms with Crippen molar-refractivity contribution in [1.29, 1.82) is 0 Å². The lowest BCUT2D eigenvalue weighted by Gasteiger charge is -2.32. The van der Waals surface area contributed by atoms with Crippen LogP contribution in [0.25, 0.3) is 0 Å². The summed E-state index contributed by atoms with van der Waals surface area (Å²) in [6.07, 6.45) is -1.11. The monoisotopic (exact) mass is 489 g/mol. The second kappa shape index (κ2) is 10.3. The van der Waals surface area contributed by atoms with Crippen LogP contribution in [0.5, 0.6) is 5.88 Å². The molecular formula is C18H21F2N5O5S2. The molecule has 1 saturated heterocycles. The van der Waals surface area contributed by atoms with E-state index in [0.717, 1.165) is 27.0 Å². The molecule has 2 heterocycles. The number of benzene rings is 1. The maximum atomic E-state index is 13.9. The quantitative estimate of drug-likeness (QED) is 0.428. The van der Waals surface area contributed by atoms with Crippen molar-refractivity contribution in [2.24, 2.45) is 0 Å². The van der Waals surface area contributed by atoms with Gasteiger partial charge < -0.3 is 14.7 Å². The van der Waals surface area contributed by atoms with Gasteiger partial charge in [-0.3, -0.25) is 4.72 Å². The van der Waals surface area contributed by atoms with Gasteiger partial charge in [0.25, 0.3) is 0 Å². The Labute approximate surface area is 187 Å². The van der Waals surface area contributed by atoms with Crippen molar-refractivity contribution in [2.75, 3.05) is 37.5 Å². The lowest BCUT2D eigenvalue weighted by molar-refractivity contribution is 0.126. The van der Waals surface area contributed by atoms with Gasteiger partial charge in [0.1, 0.15) is 5.82 Å². The molecule has 0 aliphatic carbocycles. The van der Waals surface area contributed by atoms with Gasteiger partial charge in [0.15, 0.2) is 16.8 Å². The number of nitrogens with zero attached hydrogens (tertiary/aromatic N) is 4. The zero-order chi connectivity index (χ0) is 23.3. The Balaban J connectivity index is 1.75. The third kappa shape index (κ3) is 5.95. The molecule has 1 aliphatic heterocycles. The minimum atomic E-state index is -4.01. The standard InChI is InChI=1S/C18H21F2N5O5S2/c1-2-30-15-10-14(23-32(28,29)25-8-6-24(7-9-25)18(26)27)21-17(22-15)31-11-12-4-3-5-13(19)16(12)20/h3-5,10H,2,6-9,11H2,1H3,(H,26,27)(H,21,22,23). The molecule has 0 radical (unpaired) electrons. The topological polar surface area (TPSA) is 125 Å². The van der Waals surface area contributed by atoms with Crippen LogP contribution in [0.1, 0.15) is 12.5 Å². The van der Waals surface area contributed by atoms with Gasteiger partial charge in [-0.05, 0) is 13.0 Å². The van der Waals surface area contributed by atoms with Crippen LogP contribution < -0.4 is 9.46 Å². The number of thioether (sulfide) groups is 1. The number of anilines is 1. The fraction of sp³-hybridized carbons (Fsp3) is 0.389. The minimum absolute atomic E-state index is 0.00844. The Bertz CT molecular complexity index is 1080. The van der Waals surface area contributed by atoms with Gasteiger partial charge in [0.2, 0.25) is 5.88 Å². The Morgan fingerprint density at radius 3 is 2.62 bits per heavy atom. The molecule has 14 heteroatoms. The molecule has 2 aromatic rings. The third-order valence-corrected chi connectivity index (χ3v) is 6.85. The second-order valence-electron chi connectivity index (χ2n) is 6.58. The minimum Gasteiger partial charge on any atom is -0.478 e. The summed E-state index contributed by atoms with van der Waals surface area (Å²) in [7, 11) is -4.01.